The van der Waals surface area contributed by atoms with E-state index in [1.165, 1.54) is 0 Å². The third kappa shape index (κ3) is 3.48. The van der Waals surface area contributed by atoms with Gasteiger partial charge < -0.3 is 24.5 Å². The molecule has 8 nitrogen and oxygen atoms in total. The fourth-order valence-corrected chi connectivity index (χ4v) is 5.78. The minimum Gasteiger partial charge on any atom is -0.396 e. The Morgan fingerprint density at radius 1 is 1.09 bits per heavy atom. The normalized spacial score (nSPS) is 34.2. The van der Waals surface area contributed by atoms with Crippen LogP contribution in [0.25, 0.3) is 0 Å². The summed E-state index contributed by atoms with van der Waals surface area (Å²) >= 11 is 0. The molecule has 3 amide bonds. The van der Waals surface area contributed by atoms with Crippen molar-refractivity contribution in [3.8, 4) is 0 Å². The molecule has 8 heteroatoms. The smallest absolute Gasteiger partial charge is 0.249 e. The van der Waals surface area contributed by atoms with Gasteiger partial charge in [0.1, 0.15) is 11.6 Å². The van der Waals surface area contributed by atoms with Gasteiger partial charge in [0.2, 0.25) is 17.7 Å². The second-order valence-electron chi connectivity index (χ2n) is 9.50. The Labute approximate surface area is 189 Å². The van der Waals surface area contributed by atoms with Crippen molar-refractivity contribution in [2.45, 2.75) is 63.8 Å². The molecule has 4 aliphatic heterocycles. The first kappa shape index (κ1) is 23.0. The van der Waals surface area contributed by atoms with Crippen LogP contribution >= 0.6 is 0 Å². The number of ether oxygens (including phenoxy) is 1. The van der Waals surface area contributed by atoms with Gasteiger partial charge in [-0.1, -0.05) is 31.2 Å². The van der Waals surface area contributed by atoms with Crippen LogP contribution in [0.2, 0.25) is 0 Å². The van der Waals surface area contributed by atoms with Gasteiger partial charge in [0, 0.05) is 38.8 Å². The van der Waals surface area contributed by atoms with E-state index in [0.29, 0.717) is 39.0 Å². The standard InChI is InChI=1S/C24H35N3O5/c1-4-11-25-12-7-9-17-18(21(25)29)19-22(30)27(13-5-6-15-28)20-23(31)26(16(2)3)14-8-10-24(19,20)32-17/h7-10,16-20,28H,4-6,11-15H2,1-3H3/t17-,18+,19+,20?,24+/m1/s1. The average molecular weight is 446 g/mol. The summed E-state index contributed by atoms with van der Waals surface area (Å²) < 4.78 is 6.56. The zero-order chi connectivity index (χ0) is 23.0. The van der Waals surface area contributed by atoms with E-state index in [4.69, 9.17) is 4.74 Å². The van der Waals surface area contributed by atoms with Crippen LogP contribution in [0.15, 0.2) is 24.3 Å². The van der Waals surface area contributed by atoms with Gasteiger partial charge in [-0.05, 0) is 33.1 Å². The molecule has 176 valence electrons. The van der Waals surface area contributed by atoms with E-state index in [9.17, 15) is 19.5 Å². The monoisotopic (exact) mass is 445 g/mol. The highest BCUT2D eigenvalue weighted by molar-refractivity contribution is 5.99. The van der Waals surface area contributed by atoms with Crippen molar-refractivity contribution in [3.63, 3.8) is 0 Å². The molecule has 4 heterocycles. The number of aliphatic hydroxyl groups excluding tert-OH is 1. The van der Waals surface area contributed by atoms with Gasteiger partial charge >= 0.3 is 0 Å². The minimum absolute atomic E-state index is 0.0239. The lowest BCUT2D eigenvalue weighted by atomic mass is 9.77. The Balaban J connectivity index is 1.78. The zero-order valence-electron chi connectivity index (χ0n) is 19.3. The molecule has 0 radical (unpaired) electrons. The lowest BCUT2D eigenvalue weighted by Crippen LogP contribution is -2.56. The maximum Gasteiger partial charge on any atom is 0.249 e. The van der Waals surface area contributed by atoms with Gasteiger partial charge in [0.25, 0.3) is 0 Å². The molecule has 0 aromatic heterocycles. The van der Waals surface area contributed by atoms with Crippen LogP contribution < -0.4 is 0 Å². The largest absolute Gasteiger partial charge is 0.396 e. The van der Waals surface area contributed by atoms with E-state index in [2.05, 4.69) is 0 Å². The fourth-order valence-electron chi connectivity index (χ4n) is 5.78. The molecule has 32 heavy (non-hydrogen) atoms. The number of carbonyl (C=O) groups is 3. The quantitative estimate of drug-likeness (QED) is 0.466. The fraction of sp³-hybridized carbons (Fsp3) is 0.708. The van der Waals surface area contributed by atoms with Gasteiger partial charge in [-0.15, -0.1) is 0 Å². The van der Waals surface area contributed by atoms with Crippen LogP contribution in [0.3, 0.4) is 0 Å². The van der Waals surface area contributed by atoms with Gasteiger partial charge in [-0.2, -0.15) is 0 Å². The average Bonchev–Trinajstić information content (AvgIpc) is 3.06. The van der Waals surface area contributed by atoms with Crippen LogP contribution in [-0.2, 0) is 19.1 Å². The lowest BCUT2D eigenvalue weighted by molar-refractivity contribution is -0.149. The first-order chi connectivity index (χ1) is 15.4. The second kappa shape index (κ2) is 8.98. The predicted molar refractivity (Wildman–Crippen MR) is 118 cm³/mol. The van der Waals surface area contributed by atoms with E-state index >= 15 is 0 Å². The van der Waals surface area contributed by atoms with E-state index in [1.807, 2.05) is 45.1 Å². The number of rotatable bonds is 7. The number of nitrogens with zero attached hydrogens (tertiary/aromatic N) is 3. The number of carbonyl (C=O) groups excluding carboxylic acids is 3. The van der Waals surface area contributed by atoms with Crippen LogP contribution in [0.1, 0.15) is 40.0 Å². The molecule has 4 rings (SSSR count). The lowest BCUT2D eigenvalue weighted by Gasteiger charge is -2.36. The van der Waals surface area contributed by atoms with Crippen LogP contribution in [0, 0.1) is 11.8 Å². The number of fused-ring (bicyclic) bond motifs is 2. The van der Waals surface area contributed by atoms with Crippen LogP contribution in [0.5, 0.6) is 0 Å². The summed E-state index contributed by atoms with van der Waals surface area (Å²) in [7, 11) is 0. The molecule has 0 aromatic rings. The first-order valence-corrected chi connectivity index (χ1v) is 11.9. The molecular weight excluding hydrogens is 410 g/mol. The molecule has 1 spiro atoms. The summed E-state index contributed by atoms with van der Waals surface area (Å²) in [5.74, 6) is -1.76. The highest BCUT2D eigenvalue weighted by Gasteiger charge is 2.71. The highest BCUT2D eigenvalue weighted by Crippen LogP contribution is 2.53. The van der Waals surface area contributed by atoms with Crippen molar-refractivity contribution in [3.05, 3.63) is 24.3 Å². The molecule has 4 aliphatic rings. The van der Waals surface area contributed by atoms with Crippen molar-refractivity contribution in [1.82, 2.24) is 14.7 Å². The topological polar surface area (TPSA) is 90.4 Å². The minimum atomic E-state index is -1.15. The maximum atomic E-state index is 13.8. The summed E-state index contributed by atoms with van der Waals surface area (Å²) in [4.78, 5) is 46.4. The molecule has 1 unspecified atom stereocenters. The summed E-state index contributed by atoms with van der Waals surface area (Å²) in [6, 6.07) is -0.822. The van der Waals surface area contributed by atoms with E-state index in [-0.39, 0.29) is 30.4 Å². The summed E-state index contributed by atoms with van der Waals surface area (Å²) in [5, 5.41) is 9.24. The number of unbranched alkanes of at least 4 members (excludes halogenated alkanes) is 1. The van der Waals surface area contributed by atoms with Crippen molar-refractivity contribution in [1.29, 1.82) is 0 Å². The predicted octanol–water partition coefficient (Wildman–Crippen LogP) is 0.955. The molecule has 0 bridgehead atoms. The van der Waals surface area contributed by atoms with Crippen molar-refractivity contribution in [2.24, 2.45) is 11.8 Å². The molecule has 1 N–H and O–H groups in total. The Morgan fingerprint density at radius 2 is 1.88 bits per heavy atom. The van der Waals surface area contributed by atoms with Gasteiger partial charge in [-0.25, -0.2) is 0 Å². The molecule has 0 saturated carbocycles. The summed E-state index contributed by atoms with van der Waals surface area (Å²) in [6.45, 7) is 7.92. The summed E-state index contributed by atoms with van der Waals surface area (Å²) in [5.41, 5.74) is -1.15. The number of amides is 3. The number of likely N-dealkylation sites (tertiary alicyclic amines) is 1. The Hall–Kier alpha value is -2.19. The Kier molecular flexibility index (Phi) is 6.45. The van der Waals surface area contributed by atoms with E-state index < -0.39 is 29.6 Å². The SMILES string of the molecule is CCCN1CC=C[C@H]2O[C@]34C=CCN(C(C)C)C(=O)C3N(CCCCO)C(=O)[C@@H]4[C@H]2C1=O. The van der Waals surface area contributed by atoms with E-state index in [0.717, 1.165) is 6.42 Å². The maximum absolute atomic E-state index is 13.8. The van der Waals surface area contributed by atoms with Crippen LogP contribution in [-0.4, -0.2) is 94.1 Å². The van der Waals surface area contributed by atoms with E-state index in [1.54, 1.807) is 14.7 Å². The highest BCUT2D eigenvalue weighted by atomic mass is 16.5. The number of aliphatic hydroxyl groups is 1. The molecule has 2 saturated heterocycles. The van der Waals surface area contributed by atoms with Crippen LogP contribution in [0.4, 0.5) is 0 Å². The van der Waals surface area contributed by atoms with Gasteiger partial charge in [0.15, 0.2) is 0 Å². The van der Waals surface area contributed by atoms with Crippen molar-refractivity contribution >= 4 is 17.7 Å². The Bertz CT molecular complexity index is 824. The van der Waals surface area contributed by atoms with Gasteiger partial charge in [-0.3, -0.25) is 14.4 Å². The third-order valence-electron chi connectivity index (χ3n) is 7.20. The molecule has 2 fully saturated rings. The Morgan fingerprint density at radius 3 is 2.56 bits per heavy atom. The summed E-state index contributed by atoms with van der Waals surface area (Å²) in [6.07, 6.45) is 9.08. The number of hydrogen-bond acceptors (Lipinski definition) is 5. The van der Waals surface area contributed by atoms with Crippen molar-refractivity contribution in [2.75, 3.05) is 32.8 Å². The molecule has 0 aromatic carbocycles. The van der Waals surface area contributed by atoms with Crippen molar-refractivity contribution < 1.29 is 24.2 Å². The van der Waals surface area contributed by atoms with Gasteiger partial charge in [0.05, 0.1) is 17.9 Å². The zero-order valence-corrected chi connectivity index (χ0v) is 19.3. The molecular formula is C24H35N3O5. The second-order valence-corrected chi connectivity index (χ2v) is 9.50. The third-order valence-corrected chi connectivity index (χ3v) is 7.20. The molecule has 0 aliphatic carbocycles. The first-order valence-electron chi connectivity index (χ1n) is 11.9. The molecule has 5 atom stereocenters. The number of hydrogen-bond donors (Lipinski definition) is 1.